The van der Waals surface area contributed by atoms with Gasteiger partial charge in [-0.15, -0.1) is 24.8 Å². The van der Waals surface area contributed by atoms with Gasteiger partial charge in [0.2, 0.25) is 5.91 Å². The lowest BCUT2D eigenvalue weighted by atomic mass is 10.0. The lowest BCUT2D eigenvalue weighted by Gasteiger charge is -2.28. The van der Waals surface area contributed by atoms with Crippen molar-refractivity contribution in [3.63, 3.8) is 0 Å². The molecular formula is C15H27Cl2N5O. The van der Waals surface area contributed by atoms with Crippen molar-refractivity contribution in [2.75, 3.05) is 45.8 Å². The van der Waals surface area contributed by atoms with Crippen LogP contribution in [0, 0.1) is 0 Å². The number of nitrogens with one attached hydrogen (secondary N) is 1. The van der Waals surface area contributed by atoms with Crippen LogP contribution in [-0.4, -0.2) is 71.3 Å². The Morgan fingerprint density at radius 1 is 1.30 bits per heavy atom. The molecule has 6 nitrogen and oxygen atoms in total. The predicted octanol–water partition coefficient (Wildman–Crippen LogP) is 0.875. The van der Waals surface area contributed by atoms with Crippen LogP contribution in [-0.2, 0) is 11.8 Å². The van der Waals surface area contributed by atoms with Gasteiger partial charge in [-0.05, 0) is 18.5 Å². The number of aryl methyl sites for hydroxylation is 1. The van der Waals surface area contributed by atoms with Gasteiger partial charge in [0.1, 0.15) is 0 Å². The van der Waals surface area contributed by atoms with Crippen LogP contribution in [0.4, 0.5) is 0 Å². The summed E-state index contributed by atoms with van der Waals surface area (Å²) in [5.41, 5.74) is 1.33. The molecule has 132 valence electrons. The van der Waals surface area contributed by atoms with E-state index in [1.165, 1.54) is 12.0 Å². The second-order valence-electron chi connectivity index (χ2n) is 6.11. The van der Waals surface area contributed by atoms with Crippen LogP contribution in [0.1, 0.15) is 24.3 Å². The number of likely N-dealkylation sites (tertiary alicyclic amines) is 1. The number of piperazine rings is 1. The first-order valence-corrected chi connectivity index (χ1v) is 7.92. The van der Waals surface area contributed by atoms with Crippen LogP contribution in [0.2, 0.25) is 0 Å². The fourth-order valence-corrected chi connectivity index (χ4v) is 3.28. The molecule has 3 heterocycles. The zero-order valence-corrected chi connectivity index (χ0v) is 15.2. The standard InChI is InChI=1S/C15H25N5O.2ClH/c1-18-11-14(10-17-18)13-2-6-19(12-13)7-3-15(21)20-8-4-16-5-9-20;;/h10-11,13,16H,2-9,12H2,1H3;2*1H. The van der Waals surface area contributed by atoms with Gasteiger partial charge in [-0.25, -0.2) is 0 Å². The Morgan fingerprint density at radius 3 is 2.70 bits per heavy atom. The van der Waals surface area contributed by atoms with Crippen LogP contribution in [0.15, 0.2) is 12.4 Å². The fourth-order valence-electron chi connectivity index (χ4n) is 3.28. The second kappa shape index (κ2) is 9.47. The van der Waals surface area contributed by atoms with Crippen LogP contribution >= 0.6 is 24.8 Å². The second-order valence-corrected chi connectivity index (χ2v) is 6.11. The van der Waals surface area contributed by atoms with Gasteiger partial charge in [0, 0.05) is 64.9 Å². The minimum absolute atomic E-state index is 0. The molecule has 2 saturated heterocycles. The smallest absolute Gasteiger partial charge is 0.223 e. The predicted molar refractivity (Wildman–Crippen MR) is 95.6 cm³/mol. The highest BCUT2D eigenvalue weighted by atomic mass is 35.5. The molecule has 0 aliphatic carbocycles. The molecule has 2 aliphatic rings. The molecular weight excluding hydrogens is 337 g/mol. The zero-order chi connectivity index (χ0) is 14.7. The minimum atomic E-state index is 0. The first kappa shape index (κ1) is 20.2. The number of hydrogen-bond donors (Lipinski definition) is 1. The third-order valence-electron chi connectivity index (χ3n) is 4.58. The van der Waals surface area contributed by atoms with E-state index in [-0.39, 0.29) is 24.8 Å². The maximum absolute atomic E-state index is 12.2. The summed E-state index contributed by atoms with van der Waals surface area (Å²) in [6.45, 7) is 6.61. The third kappa shape index (κ3) is 5.35. The summed E-state index contributed by atoms with van der Waals surface area (Å²) < 4.78 is 1.87. The van der Waals surface area contributed by atoms with Gasteiger partial charge in [-0.2, -0.15) is 5.10 Å². The normalized spacial score (nSPS) is 21.6. The van der Waals surface area contributed by atoms with E-state index in [0.29, 0.717) is 18.2 Å². The summed E-state index contributed by atoms with van der Waals surface area (Å²) in [5.74, 6) is 0.884. The quantitative estimate of drug-likeness (QED) is 0.862. The third-order valence-corrected chi connectivity index (χ3v) is 4.58. The number of carbonyl (C=O) groups excluding carboxylic acids is 1. The Balaban J connectivity index is 0.00000132. The molecule has 8 heteroatoms. The van der Waals surface area contributed by atoms with Crippen molar-refractivity contribution in [1.82, 2.24) is 24.9 Å². The maximum atomic E-state index is 12.2. The molecule has 0 aromatic carbocycles. The number of hydrogen-bond acceptors (Lipinski definition) is 4. The molecule has 0 saturated carbocycles. The lowest BCUT2D eigenvalue weighted by molar-refractivity contribution is -0.132. The van der Waals surface area contributed by atoms with Crippen molar-refractivity contribution in [2.45, 2.75) is 18.8 Å². The molecule has 23 heavy (non-hydrogen) atoms. The van der Waals surface area contributed by atoms with E-state index < -0.39 is 0 Å². The van der Waals surface area contributed by atoms with E-state index in [1.807, 2.05) is 22.8 Å². The summed E-state index contributed by atoms with van der Waals surface area (Å²) in [6.07, 6.45) is 5.91. The Morgan fingerprint density at radius 2 is 2.04 bits per heavy atom. The Kier molecular flexibility index (Phi) is 8.33. The van der Waals surface area contributed by atoms with E-state index >= 15 is 0 Å². The van der Waals surface area contributed by atoms with Crippen LogP contribution in [0.5, 0.6) is 0 Å². The Hall–Kier alpha value is -0.820. The molecule has 1 atom stereocenters. The number of aromatic nitrogens is 2. The summed E-state index contributed by atoms with van der Waals surface area (Å²) in [4.78, 5) is 16.6. The maximum Gasteiger partial charge on any atom is 0.223 e. The molecule has 1 amide bonds. The van der Waals surface area contributed by atoms with Gasteiger partial charge in [0.15, 0.2) is 0 Å². The monoisotopic (exact) mass is 363 g/mol. The SMILES string of the molecule is Cl.Cl.Cn1cc(C2CCN(CCC(=O)N3CCNCC3)C2)cn1. The molecule has 0 bridgehead atoms. The van der Waals surface area contributed by atoms with E-state index in [0.717, 1.165) is 45.8 Å². The van der Waals surface area contributed by atoms with Crippen molar-refractivity contribution in [1.29, 1.82) is 0 Å². The molecule has 1 aromatic heterocycles. The highest BCUT2D eigenvalue weighted by molar-refractivity contribution is 5.85. The molecule has 2 aliphatic heterocycles. The number of carbonyl (C=O) groups is 1. The van der Waals surface area contributed by atoms with Crippen molar-refractivity contribution in [2.24, 2.45) is 7.05 Å². The van der Waals surface area contributed by atoms with E-state index in [2.05, 4.69) is 21.5 Å². The average molecular weight is 364 g/mol. The summed E-state index contributed by atoms with van der Waals surface area (Å²) >= 11 is 0. The summed E-state index contributed by atoms with van der Waals surface area (Å²) in [6, 6.07) is 0. The first-order valence-electron chi connectivity index (χ1n) is 7.92. The van der Waals surface area contributed by atoms with E-state index in [4.69, 9.17) is 0 Å². The molecule has 1 unspecified atom stereocenters. The molecule has 1 aromatic rings. The fraction of sp³-hybridized carbons (Fsp3) is 0.733. The van der Waals surface area contributed by atoms with Gasteiger partial charge >= 0.3 is 0 Å². The minimum Gasteiger partial charge on any atom is -0.340 e. The highest BCUT2D eigenvalue weighted by Crippen LogP contribution is 2.26. The first-order chi connectivity index (χ1) is 10.2. The molecule has 3 rings (SSSR count). The van der Waals surface area contributed by atoms with Crippen molar-refractivity contribution >= 4 is 30.7 Å². The van der Waals surface area contributed by atoms with Crippen LogP contribution in [0.25, 0.3) is 0 Å². The van der Waals surface area contributed by atoms with Crippen molar-refractivity contribution in [3.05, 3.63) is 18.0 Å². The van der Waals surface area contributed by atoms with Crippen LogP contribution in [0.3, 0.4) is 0 Å². The van der Waals surface area contributed by atoms with Gasteiger partial charge in [0.25, 0.3) is 0 Å². The Labute approximate surface area is 150 Å². The molecule has 2 fully saturated rings. The zero-order valence-electron chi connectivity index (χ0n) is 13.6. The highest BCUT2D eigenvalue weighted by Gasteiger charge is 2.25. The van der Waals surface area contributed by atoms with Gasteiger partial charge in [-0.3, -0.25) is 9.48 Å². The molecule has 0 spiro atoms. The molecule has 1 N–H and O–H groups in total. The van der Waals surface area contributed by atoms with E-state index in [1.54, 1.807) is 0 Å². The van der Waals surface area contributed by atoms with Crippen molar-refractivity contribution < 1.29 is 4.79 Å². The topological polar surface area (TPSA) is 53.4 Å². The number of rotatable bonds is 4. The lowest BCUT2D eigenvalue weighted by Crippen LogP contribution is -2.47. The van der Waals surface area contributed by atoms with Crippen LogP contribution < -0.4 is 5.32 Å². The van der Waals surface area contributed by atoms with E-state index in [9.17, 15) is 4.79 Å². The molecule has 0 radical (unpaired) electrons. The summed E-state index contributed by atoms with van der Waals surface area (Å²) in [7, 11) is 1.96. The van der Waals surface area contributed by atoms with Gasteiger partial charge in [0.05, 0.1) is 6.20 Å². The average Bonchev–Trinajstić information content (AvgIpc) is 3.14. The number of amides is 1. The number of halogens is 2. The summed E-state index contributed by atoms with van der Waals surface area (Å²) in [5, 5.41) is 7.53. The Bertz CT molecular complexity index is 490. The van der Waals surface area contributed by atoms with Crippen molar-refractivity contribution in [3.8, 4) is 0 Å². The van der Waals surface area contributed by atoms with Gasteiger partial charge < -0.3 is 15.1 Å². The van der Waals surface area contributed by atoms with Gasteiger partial charge in [-0.1, -0.05) is 0 Å². The number of nitrogens with zero attached hydrogens (tertiary/aromatic N) is 4. The largest absolute Gasteiger partial charge is 0.340 e.